The van der Waals surface area contributed by atoms with Crippen LogP contribution in [0.1, 0.15) is 62.3 Å². The molecule has 0 spiro atoms. The Morgan fingerprint density at radius 2 is 2.00 bits per heavy atom. The zero-order valence-corrected chi connectivity index (χ0v) is 27.7. The second kappa shape index (κ2) is 15.8. The Morgan fingerprint density at radius 1 is 1.26 bits per heavy atom. The number of nitrogens with zero attached hydrogens (tertiary/aromatic N) is 4. The summed E-state index contributed by atoms with van der Waals surface area (Å²) in [4.78, 5) is 17.1. The molecule has 2 atom stereocenters. The first-order valence-corrected chi connectivity index (χ1v) is 20.3. The van der Waals surface area contributed by atoms with Crippen LogP contribution in [-0.2, 0) is 21.5 Å². The normalized spacial score (nSPS) is 20.9. The summed E-state index contributed by atoms with van der Waals surface area (Å²) in [5.74, 6) is -0.406. The molecule has 0 bridgehead atoms. The second-order valence-corrected chi connectivity index (χ2v) is 20.2. The van der Waals surface area contributed by atoms with E-state index in [2.05, 4.69) is 41.3 Å². The average Bonchev–Trinajstić information content (AvgIpc) is 3.35. The maximum Gasteiger partial charge on any atom is 0.287 e. The minimum atomic E-state index is -3.51. The number of piperazine rings is 1. The Labute approximate surface area is 253 Å². The Kier molecular flexibility index (Phi) is 12.7. The average molecular weight is 617 g/mol. The highest BCUT2D eigenvalue weighted by atomic mass is 32.2. The van der Waals surface area contributed by atoms with E-state index in [9.17, 15) is 18.5 Å². The molecule has 3 rings (SSSR count). The van der Waals surface area contributed by atoms with Crippen molar-refractivity contribution in [2.24, 2.45) is 0 Å². The molecule has 0 unspecified atom stereocenters. The number of hydrogen-bond donors (Lipinski definition) is 2. The van der Waals surface area contributed by atoms with Crippen LogP contribution < -0.4 is 10.6 Å². The first-order chi connectivity index (χ1) is 19.9. The van der Waals surface area contributed by atoms with Gasteiger partial charge in [-0.3, -0.25) is 4.79 Å². The third kappa shape index (κ3) is 11.3. The van der Waals surface area contributed by atoms with Crippen molar-refractivity contribution < 1.29 is 17.9 Å². The fourth-order valence-electron chi connectivity index (χ4n) is 5.06. The van der Waals surface area contributed by atoms with Crippen molar-refractivity contribution in [2.45, 2.75) is 90.5 Å². The zero-order chi connectivity index (χ0) is 30.8. The highest BCUT2D eigenvalue weighted by Crippen LogP contribution is 2.22. The molecular formula is C30H48N6O4SSi. The quantitative estimate of drug-likeness (QED) is 0.139. The summed E-state index contributed by atoms with van der Waals surface area (Å²) in [6.07, 6.45) is 14.6. The SMILES string of the molecule is C[C@@H]1CN(S(=O)(=O)CC(/C=C\CNC(=O)c2nc(C#N)cn2COCC[Si](C)(C)C)=C/CC2=CCCCC2)C[C@H](C)N1. The molecule has 2 N–H and O–H groups in total. The van der Waals surface area contributed by atoms with Gasteiger partial charge < -0.3 is 19.9 Å². The summed E-state index contributed by atoms with van der Waals surface area (Å²) < 4.78 is 35.7. The fraction of sp³-hybridized carbons (Fsp3) is 0.633. The molecule has 0 saturated carbocycles. The minimum absolute atomic E-state index is 0.0884. The van der Waals surface area contributed by atoms with Gasteiger partial charge >= 0.3 is 0 Å². The summed E-state index contributed by atoms with van der Waals surface area (Å²) in [5.41, 5.74) is 2.20. The molecular weight excluding hydrogens is 569 g/mol. The van der Waals surface area contributed by atoms with Gasteiger partial charge in [0.15, 0.2) is 5.69 Å². The Bertz CT molecular complexity index is 1300. The van der Waals surface area contributed by atoms with Gasteiger partial charge in [-0.2, -0.15) is 9.57 Å². The molecule has 1 aromatic rings. The zero-order valence-electron chi connectivity index (χ0n) is 25.9. The number of nitrogens with one attached hydrogen (secondary N) is 2. The van der Waals surface area contributed by atoms with Crippen LogP contribution in [0.25, 0.3) is 0 Å². The lowest BCUT2D eigenvalue weighted by Crippen LogP contribution is -2.56. The first kappa shape index (κ1) is 33.9. The van der Waals surface area contributed by atoms with Gasteiger partial charge in [0, 0.05) is 52.6 Å². The molecule has 2 aliphatic rings. The van der Waals surface area contributed by atoms with Crippen LogP contribution >= 0.6 is 0 Å². The highest BCUT2D eigenvalue weighted by molar-refractivity contribution is 7.89. The molecule has 1 aromatic heterocycles. The van der Waals surface area contributed by atoms with E-state index in [0.717, 1.165) is 25.3 Å². The number of allylic oxidation sites excluding steroid dienone is 4. The Morgan fingerprint density at radius 3 is 2.64 bits per heavy atom. The predicted octanol–water partition coefficient (Wildman–Crippen LogP) is 4.18. The Hall–Kier alpha value is -2.56. The smallest absolute Gasteiger partial charge is 0.287 e. The largest absolute Gasteiger partial charge is 0.361 e. The minimum Gasteiger partial charge on any atom is -0.361 e. The maximum atomic E-state index is 13.4. The van der Waals surface area contributed by atoms with Crippen LogP contribution in [-0.4, -0.2) is 80.3 Å². The number of nitriles is 1. The summed E-state index contributed by atoms with van der Waals surface area (Å²) >= 11 is 0. The van der Waals surface area contributed by atoms with Gasteiger partial charge in [0.2, 0.25) is 15.8 Å². The number of ether oxygens (including phenoxy) is 1. The van der Waals surface area contributed by atoms with Crippen molar-refractivity contribution >= 4 is 24.0 Å². The van der Waals surface area contributed by atoms with Gasteiger partial charge in [-0.15, -0.1) is 0 Å². The lowest BCUT2D eigenvalue weighted by Gasteiger charge is -2.35. The number of imidazole rings is 1. The van der Waals surface area contributed by atoms with Crippen molar-refractivity contribution in [1.82, 2.24) is 24.5 Å². The van der Waals surface area contributed by atoms with Crippen LogP contribution in [0.5, 0.6) is 0 Å². The van der Waals surface area contributed by atoms with Crippen molar-refractivity contribution in [3.05, 3.63) is 53.2 Å². The molecule has 0 aromatic carbocycles. The van der Waals surface area contributed by atoms with Gasteiger partial charge in [-0.25, -0.2) is 13.4 Å². The van der Waals surface area contributed by atoms with Crippen molar-refractivity contribution in [3.63, 3.8) is 0 Å². The Balaban J connectivity index is 1.66. The van der Waals surface area contributed by atoms with Gasteiger partial charge in [-0.05, 0) is 57.6 Å². The lowest BCUT2D eigenvalue weighted by atomic mass is 9.96. The van der Waals surface area contributed by atoms with Crippen molar-refractivity contribution in [2.75, 3.05) is 32.0 Å². The number of carbonyl (C=O) groups excluding carboxylic acids is 1. The van der Waals surface area contributed by atoms with E-state index in [1.807, 2.05) is 26.0 Å². The second-order valence-electron chi connectivity index (χ2n) is 12.6. The maximum absolute atomic E-state index is 13.4. The molecule has 0 radical (unpaired) electrons. The van der Waals surface area contributed by atoms with Crippen LogP contribution in [0.2, 0.25) is 25.7 Å². The predicted molar refractivity (Wildman–Crippen MR) is 169 cm³/mol. The summed E-state index contributed by atoms with van der Waals surface area (Å²) in [5, 5.41) is 15.5. The molecule has 10 nitrogen and oxygen atoms in total. The van der Waals surface area contributed by atoms with Crippen LogP contribution in [0.3, 0.4) is 0 Å². The standard InChI is InChI=1S/C30H48N6O4SSi/c1-24-19-36(20-25(2)33-24)41(38,39)22-27(14-13-26-10-7-6-8-11-26)12-9-15-32-30(37)29-34-28(18-31)21-35(29)23-40-16-17-42(3,4)5/h9-10,12,14,21,24-25,33H,6-8,11,13,15-17,19-20,22-23H2,1-5H3,(H,32,37)/b12-9-,27-14+/t24-,25+. The third-order valence-electron chi connectivity index (χ3n) is 7.31. The lowest BCUT2D eigenvalue weighted by molar-refractivity contribution is 0.0785. The van der Waals surface area contributed by atoms with E-state index in [1.54, 1.807) is 21.0 Å². The van der Waals surface area contributed by atoms with Crippen LogP contribution in [0.4, 0.5) is 0 Å². The monoisotopic (exact) mass is 616 g/mol. The van der Waals surface area contributed by atoms with Gasteiger partial charge in [0.25, 0.3) is 5.91 Å². The van der Waals surface area contributed by atoms with Gasteiger partial charge in [0.05, 0.1) is 5.75 Å². The molecule has 1 amide bonds. The van der Waals surface area contributed by atoms with E-state index in [0.29, 0.717) is 25.3 Å². The topological polar surface area (TPSA) is 129 Å². The molecule has 42 heavy (non-hydrogen) atoms. The van der Waals surface area contributed by atoms with E-state index >= 15 is 0 Å². The molecule has 12 heteroatoms. The first-order valence-electron chi connectivity index (χ1n) is 15.0. The fourth-order valence-corrected chi connectivity index (χ4v) is 7.54. The highest BCUT2D eigenvalue weighted by Gasteiger charge is 2.30. The van der Waals surface area contributed by atoms with E-state index < -0.39 is 24.0 Å². The molecule has 1 saturated heterocycles. The summed E-state index contributed by atoms with van der Waals surface area (Å²) in [7, 11) is -4.76. The molecule has 1 aliphatic heterocycles. The third-order valence-corrected chi connectivity index (χ3v) is 10.8. The summed E-state index contributed by atoms with van der Waals surface area (Å²) in [6, 6.07) is 3.16. The number of aromatic nitrogens is 2. The van der Waals surface area contributed by atoms with E-state index in [4.69, 9.17) is 4.74 Å². The number of rotatable bonds is 14. The molecule has 2 heterocycles. The number of hydrogen-bond acceptors (Lipinski definition) is 7. The summed E-state index contributed by atoms with van der Waals surface area (Å²) in [6.45, 7) is 12.6. The van der Waals surface area contributed by atoms with Crippen LogP contribution in [0.15, 0.2) is 41.6 Å². The van der Waals surface area contributed by atoms with Gasteiger partial charge in [0.1, 0.15) is 12.8 Å². The molecule has 1 aliphatic carbocycles. The molecule has 1 fully saturated rings. The van der Waals surface area contributed by atoms with Crippen molar-refractivity contribution in [1.29, 1.82) is 5.26 Å². The molecule has 232 valence electrons. The van der Waals surface area contributed by atoms with Crippen LogP contribution in [0, 0.1) is 11.3 Å². The number of amides is 1. The number of sulfonamides is 1. The van der Waals surface area contributed by atoms with Crippen molar-refractivity contribution in [3.8, 4) is 6.07 Å². The number of carbonyl (C=O) groups is 1. The van der Waals surface area contributed by atoms with E-state index in [1.165, 1.54) is 24.6 Å². The van der Waals surface area contributed by atoms with E-state index in [-0.39, 0.29) is 42.6 Å². The van der Waals surface area contributed by atoms with Gasteiger partial charge in [-0.1, -0.05) is 49.5 Å².